The van der Waals surface area contributed by atoms with E-state index in [4.69, 9.17) is 9.47 Å². The van der Waals surface area contributed by atoms with Crippen molar-refractivity contribution < 1.29 is 19.4 Å². The molecular weight excluding hydrogens is 701 g/mol. The number of carbonyl (C=O) groups excluding carboxylic acids is 1. The molecule has 0 bridgehead atoms. The topological polar surface area (TPSA) is 55.8 Å². The molecule has 1 atom stereocenters. The quantitative estimate of drug-likeness (QED) is 0.0381. The van der Waals surface area contributed by atoms with Crippen LogP contribution in [0.25, 0.3) is 0 Å². The van der Waals surface area contributed by atoms with Crippen LogP contribution in [0.15, 0.2) is 122 Å². The molecule has 4 nitrogen and oxygen atoms in total. The molecule has 0 aromatic rings. The average molecular weight is 787 g/mol. The van der Waals surface area contributed by atoms with Gasteiger partial charge in [-0.05, 0) is 109 Å². The van der Waals surface area contributed by atoms with Gasteiger partial charge in [0.1, 0.15) is 6.10 Å². The van der Waals surface area contributed by atoms with Crippen molar-refractivity contribution in [2.75, 3.05) is 19.8 Å². The van der Waals surface area contributed by atoms with E-state index in [9.17, 15) is 9.90 Å². The van der Waals surface area contributed by atoms with Gasteiger partial charge in [-0.3, -0.25) is 4.79 Å². The highest BCUT2D eigenvalue weighted by Gasteiger charge is 2.13. The number of ether oxygens (including phenoxy) is 2. The summed E-state index contributed by atoms with van der Waals surface area (Å²) in [5, 5.41) is 9.62. The fourth-order valence-electron chi connectivity index (χ4n) is 5.84. The summed E-state index contributed by atoms with van der Waals surface area (Å²) in [4.78, 5) is 12.2. The second-order valence-electron chi connectivity index (χ2n) is 14.7. The lowest BCUT2D eigenvalue weighted by Gasteiger charge is -2.15. The van der Waals surface area contributed by atoms with Gasteiger partial charge < -0.3 is 14.6 Å². The lowest BCUT2D eigenvalue weighted by Crippen LogP contribution is -2.27. The van der Waals surface area contributed by atoms with E-state index >= 15 is 0 Å². The Bertz CT molecular complexity index is 1150. The molecule has 0 heterocycles. The number of esters is 1. The molecule has 0 aliphatic carbocycles. The van der Waals surface area contributed by atoms with Gasteiger partial charge in [0.2, 0.25) is 0 Å². The highest BCUT2D eigenvalue weighted by Crippen LogP contribution is 2.11. The summed E-state index contributed by atoms with van der Waals surface area (Å²) in [6, 6.07) is 0. The van der Waals surface area contributed by atoms with Gasteiger partial charge in [0.05, 0.1) is 13.2 Å². The Morgan fingerprint density at radius 3 is 1.19 bits per heavy atom. The Labute approximate surface area is 352 Å². The molecule has 1 N–H and O–H groups in total. The van der Waals surface area contributed by atoms with Crippen LogP contribution in [0.2, 0.25) is 0 Å². The number of allylic oxidation sites excluding steroid dienone is 20. The second-order valence-corrected chi connectivity index (χ2v) is 14.7. The molecule has 0 radical (unpaired) electrons. The van der Waals surface area contributed by atoms with Crippen LogP contribution in [-0.2, 0) is 14.3 Å². The van der Waals surface area contributed by atoms with Gasteiger partial charge in [0.15, 0.2) is 0 Å². The van der Waals surface area contributed by atoms with E-state index < -0.39 is 6.10 Å². The number of hydrogen-bond donors (Lipinski definition) is 1. The number of carbonyl (C=O) groups is 1. The number of rotatable bonds is 41. The van der Waals surface area contributed by atoms with Crippen molar-refractivity contribution in [1.29, 1.82) is 0 Å². The lowest BCUT2D eigenvalue weighted by molar-refractivity contribution is -0.154. The maximum atomic E-state index is 12.2. The SMILES string of the molecule is CC/C=C\C/C=C\C/C=C\C/C=C\C/C=C\C/C=C\C/C=C\CCCCCC(=O)OC(CO)COCCCCCCCCC/C=C\C/C=C\C/C=C\CCCCC. The number of aliphatic hydroxyl groups is 1. The predicted octanol–water partition coefficient (Wildman–Crippen LogP) is 15.7. The predicted molar refractivity (Wildman–Crippen MR) is 251 cm³/mol. The molecule has 0 aliphatic rings. The molecule has 0 aliphatic heterocycles. The minimum atomic E-state index is -0.568. The van der Waals surface area contributed by atoms with Crippen LogP contribution in [0.1, 0.15) is 181 Å². The fraction of sp³-hybridized carbons (Fsp3) is 0.604. The first kappa shape index (κ1) is 53.8. The molecule has 0 rings (SSSR count). The first-order valence-corrected chi connectivity index (χ1v) is 23.1. The molecule has 0 spiro atoms. The Morgan fingerprint density at radius 1 is 0.439 bits per heavy atom. The van der Waals surface area contributed by atoms with Gasteiger partial charge in [-0.1, -0.05) is 187 Å². The maximum absolute atomic E-state index is 12.2. The monoisotopic (exact) mass is 787 g/mol. The first-order chi connectivity index (χ1) is 28.2. The summed E-state index contributed by atoms with van der Waals surface area (Å²) in [7, 11) is 0. The third-order valence-corrected chi connectivity index (χ3v) is 9.27. The number of hydrogen-bond acceptors (Lipinski definition) is 4. The maximum Gasteiger partial charge on any atom is 0.306 e. The van der Waals surface area contributed by atoms with Crippen molar-refractivity contribution in [3.05, 3.63) is 122 Å². The van der Waals surface area contributed by atoms with Crippen LogP contribution >= 0.6 is 0 Å². The van der Waals surface area contributed by atoms with E-state index in [0.29, 0.717) is 13.0 Å². The second kappa shape index (κ2) is 48.9. The molecule has 0 amide bonds. The molecule has 322 valence electrons. The molecule has 0 aromatic carbocycles. The zero-order chi connectivity index (χ0) is 41.2. The van der Waals surface area contributed by atoms with Gasteiger partial charge in [0, 0.05) is 13.0 Å². The summed E-state index contributed by atoms with van der Waals surface area (Å²) < 4.78 is 11.1. The van der Waals surface area contributed by atoms with E-state index in [1.54, 1.807) is 0 Å². The lowest BCUT2D eigenvalue weighted by atomic mass is 10.1. The molecule has 4 heteroatoms. The van der Waals surface area contributed by atoms with Crippen LogP contribution in [0.4, 0.5) is 0 Å². The zero-order valence-electron chi connectivity index (χ0n) is 36.8. The first-order valence-electron chi connectivity index (χ1n) is 23.1. The molecule has 57 heavy (non-hydrogen) atoms. The van der Waals surface area contributed by atoms with Crippen molar-refractivity contribution in [2.45, 2.75) is 187 Å². The third kappa shape index (κ3) is 47.1. The van der Waals surface area contributed by atoms with E-state index in [0.717, 1.165) is 96.3 Å². The normalized spacial score (nSPS) is 13.5. The largest absolute Gasteiger partial charge is 0.457 e. The van der Waals surface area contributed by atoms with E-state index in [-0.39, 0.29) is 19.2 Å². The van der Waals surface area contributed by atoms with E-state index in [1.165, 1.54) is 64.2 Å². The Morgan fingerprint density at radius 2 is 0.789 bits per heavy atom. The van der Waals surface area contributed by atoms with Crippen LogP contribution in [0, 0.1) is 0 Å². The summed E-state index contributed by atoms with van der Waals surface area (Å²) >= 11 is 0. The van der Waals surface area contributed by atoms with Gasteiger partial charge in [-0.2, -0.15) is 0 Å². The molecule has 0 saturated carbocycles. The molecule has 0 fully saturated rings. The van der Waals surface area contributed by atoms with Crippen LogP contribution in [0.3, 0.4) is 0 Å². The third-order valence-electron chi connectivity index (χ3n) is 9.27. The van der Waals surface area contributed by atoms with Gasteiger partial charge >= 0.3 is 5.97 Å². The fourth-order valence-corrected chi connectivity index (χ4v) is 5.84. The minimum absolute atomic E-state index is 0.198. The van der Waals surface area contributed by atoms with Crippen molar-refractivity contribution in [1.82, 2.24) is 0 Å². The van der Waals surface area contributed by atoms with Crippen LogP contribution in [0.5, 0.6) is 0 Å². The summed E-state index contributed by atoms with van der Waals surface area (Å²) in [5.41, 5.74) is 0. The van der Waals surface area contributed by atoms with Gasteiger partial charge in [-0.25, -0.2) is 0 Å². The summed E-state index contributed by atoms with van der Waals surface area (Å²) in [5.74, 6) is -0.241. The zero-order valence-corrected chi connectivity index (χ0v) is 36.8. The van der Waals surface area contributed by atoms with Gasteiger partial charge in [0.25, 0.3) is 0 Å². The van der Waals surface area contributed by atoms with E-state index in [1.807, 2.05) is 0 Å². The molecule has 0 saturated heterocycles. The summed E-state index contributed by atoms with van der Waals surface area (Å²) in [6.07, 6.45) is 72.6. The van der Waals surface area contributed by atoms with Crippen molar-refractivity contribution in [3.63, 3.8) is 0 Å². The highest BCUT2D eigenvalue weighted by molar-refractivity contribution is 5.69. The molecule has 1 unspecified atom stereocenters. The van der Waals surface area contributed by atoms with Crippen LogP contribution in [-0.4, -0.2) is 37.0 Å². The Kier molecular flexibility index (Phi) is 46.2. The van der Waals surface area contributed by atoms with Crippen LogP contribution < -0.4 is 0 Å². The number of unbranched alkanes of at least 4 members (excludes halogenated alkanes) is 13. The number of aliphatic hydroxyl groups excluding tert-OH is 1. The smallest absolute Gasteiger partial charge is 0.306 e. The molecule has 0 aromatic heterocycles. The van der Waals surface area contributed by atoms with Crippen molar-refractivity contribution in [2.24, 2.45) is 0 Å². The van der Waals surface area contributed by atoms with Crippen molar-refractivity contribution >= 4 is 5.97 Å². The highest BCUT2D eigenvalue weighted by atomic mass is 16.6. The van der Waals surface area contributed by atoms with E-state index in [2.05, 4.69) is 135 Å². The molecular formula is C53H86O4. The Hall–Kier alpha value is -3.21. The standard InChI is InChI=1S/C53H86O4/c1-3-5-7-9-11-13-15-17-19-21-23-25-26-27-28-29-30-32-34-36-38-40-42-44-46-48-53(55)57-52(50-54)51-56-49-47-45-43-41-39-37-35-33-31-24-22-20-18-16-14-12-10-8-6-4-2/h5,7,11-14,17-20,23-25,27-28,30-32,36,38,52,54H,3-4,6,8-10,15-16,21-22,26,29,33-35,37,39-51H2,1-2H3/b7-5-,13-11-,14-12-,19-17-,20-18-,25-23-,28-27-,31-24-,32-30-,38-36-. The summed E-state index contributed by atoms with van der Waals surface area (Å²) in [6.45, 7) is 5.13. The Balaban J connectivity index is 3.60. The van der Waals surface area contributed by atoms with Gasteiger partial charge in [-0.15, -0.1) is 0 Å². The van der Waals surface area contributed by atoms with Crippen molar-refractivity contribution in [3.8, 4) is 0 Å². The minimum Gasteiger partial charge on any atom is -0.457 e. The average Bonchev–Trinajstić information content (AvgIpc) is 3.22.